The fourth-order valence-corrected chi connectivity index (χ4v) is 2.62. The lowest BCUT2D eigenvalue weighted by atomic mass is 10.2. The molecule has 0 bridgehead atoms. The first kappa shape index (κ1) is 16.3. The van der Waals surface area contributed by atoms with E-state index in [2.05, 4.69) is 36.2 Å². The highest BCUT2D eigenvalue weighted by molar-refractivity contribution is 5.28. The summed E-state index contributed by atoms with van der Waals surface area (Å²) in [6.45, 7) is 11.8. The number of nitrogens with zero attached hydrogens (tertiary/aromatic N) is 1. The summed E-state index contributed by atoms with van der Waals surface area (Å²) in [6, 6.07) is 8.85. The Labute approximate surface area is 128 Å². The number of hydrogen-bond donors (Lipinski definition) is 1. The minimum Gasteiger partial charge on any atom is -0.494 e. The van der Waals surface area contributed by atoms with E-state index < -0.39 is 0 Å². The van der Waals surface area contributed by atoms with Crippen molar-refractivity contribution in [3.8, 4) is 5.75 Å². The third-order valence-corrected chi connectivity index (χ3v) is 3.81. The highest BCUT2D eigenvalue weighted by atomic mass is 16.5. The van der Waals surface area contributed by atoms with Crippen LogP contribution in [0.1, 0.15) is 26.3 Å². The minimum atomic E-state index is 0.288. The van der Waals surface area contributed by atoms with Crippen LogP contribution in [0.4, 0.5) is 0 Å². The average Bonchev–Trinajstić information content (AvgIpc) is 2.48. The maximum atomic E-state index is 5.83. The zero-order valence-corrected chi connectivity index (χ0v) is 13.5. The summed E-state index contributed by atoms with van der Waals surface area (Å²) in [5.74, 6) is 0.941. The van der Waals surface area contributed by atoms with Gasteiger partial charge in [-0.2, -0.15) is 0 Å². The molecular weight excluding hydrogens is 264 g/mol. The van der Waals surface area contributed by atoms with Crippen molar-refractivity contribution in [3.05, 3.63) is 29.8 Å². The molecule has 4 heteroatoms. The highest BCUT2D eigenvalue weighted by Crippen LogP contribution is 2.13. The van der Waals surface area contributed by atoms with Gasteiger partial charge in [-0.05, 0) is 38.5 Å². The number of benzene rings is 1. The molecule has 1 atom stereocenters. The van der Waals surface area contributed by atoms with Crippen molar-refractivity contribution >= 4 is 0 Å². The lowest BCUT2D eigenvalue weighted by Crippen LogP contribution is -2.48. The fourth-order valence-electron chi connectivity index (χ4n) is 2.62. The third-order valence-electron chi connectivity index (χ3n) is 3.81. The number of rotatable bonds is 7. The van der Waals surface area contributed by atoms with Crippen LogP contribution in [0, 0.1) is 0 Å². The van der Waals surface area contributed by atoms with E-state index in [1.807, 2.05) is 19.1 Å². The first-order valence-electron chi connectivity index (χ1n) is 7.97. The average molecular weight is 292 g/mol. The number of morpholine rings is 1. The Morgan fingerprint density at radius 3 is 3.05 bits per heavy atom. The molecule has 1 aliphatic heterocycles. The molecule has 2 rings (SSSR count). The Morgan fingerprint density at radius 1 is 1.43 bits per heavy atom. The lowest BCUT2D eigenvalue weighted by Gasteiger charge is -2.35. The molecule has 1 saturated heterocycles. The van der Waals surface area contributed by atoms with Crippen molar-refractivity contribution in [2.45, 2.75) is 39.5 Å². The van der Waals surface area contributed by atoms with Gasteiger partial charge in [0.15, 0.2) is 0 Å². The summed E-state index contributed by atoms with van der Waals surface area (Å²) in [4.78, 5) is 2.48. The molecule has 0 spiro atoms. The standard InChI is InChI=1S/C17H28N2O2/c1-4-20-16-7-5-6-15(10-16)11-18-12-17-13-19(14(2)3)8-9-21-17/h5-7,10,14,17-18H,4,8-9,11-13H2,1-3H3. The van der Waals surface area contributed by atoms with E-state index in [9.17, 15) is 0 Å². The number of nitrogens with one attached hydrogen (secondary N) is 1. The molecule has 1 heterocycles. The second kappa shape index (κ2) is 8.37. The SMILES string of the molecule is CCOc1cccc(CNCC2CN(C(C)C)CCO2)c1. The van der Waals surface area contributed by atoms with E-state index in [-0.39, 0.29) is 6.10 Å². The molecule has 4 nitrogen and oxygen atoms in total. The van der Waals surface area contributed by atoms with E-state index >= 15 is 0 Å². The highest BCUT2D eigenvalue weighted by Gasteiger charge is 2.21. The summed E-state index contributed by atoms with van der Waals surface area (Å²) in [5.41, 5.74) is 1.25. The maximum absolute atomic E-state index is 5.83. The van der Waals surface area contributed by atoms with E-state index in [1.165, 1.54) is 5.56 Å². The van der Waals surface area contributed by atoms with Gasteiger partial charge >= 0.3 is 0 Å². The minimum absolute atomic E-state index is 0.288. The fraction of sp³-hybridized carbons (Fsp3) is 0.647. The van der Waals surface area contributed by atoms with Crippen LogP contribution < -0.4 is 10.1 Å². The van der Waals surface area contributed by atoms with Crippen molar-refractivity contribution < 1.29 is 9.47 Å². The van der Waals surface area contributed by atoms with Gasteiger partial charge in [0, 0.05) is 32.2 Å². The molecule has 1 aliphatic rings. The first-order chi connectivity index (χ1) is 10.2. The Hall–Kier alpha value is -1.10. The van der Waals surface area contributed by atoms with Gasteiger partial charge in [-0.1, -0.05) is 12.1 Å². The second-order valence-corrected chi connectivity index (χ2v) is 5.79. The Morgan fingerprint density at radius 2 is 2.29 bits per heavy atom. The predicted molar refractivity (Wildman–Crippen MR) is 85.8 cm³/mol. The van der Waals surface area contributed by atoms with Gasteiger partial charge in [0.05, 0.1) is 19.3 Å². The van der Waals surface area contributed by atoms with Gasteiger partial charge in [-0.3, -0.25) is 4.90 Å². The zero-order valence-electron chi connectivity index (χ0n) is 13.5. The predicted octanol–water partition coefficient (Wildman–Crippen LogP) is 2.28. The Bertz CT molecular complexity index is 423. The second-order valence-electron chi connectivity index (χ2n) is 5.79. The van der Waals surface area contributed by atoms with Crippen LogP contribution in [-0.4, -0.2) is 49.9 Å². The van der Waals surface area contributed by atoms with Gasteiger partial charge in [-0.15, -0.1) is 0 Å². The van der Waals surface area contributed by atoms with E-state index in [4.69, 9.17) is 9.47 Å². The summed E-state index contributed by atoms with van der Waals surface area (Å²) in [7, 11) is 0. The Kier molecular flexibility index (Phi) is 6.49. The molecule has 0 aromatic heterocycles. The van der Waals surface area contributed by atoms with Crippen molar-refractivity contribution in [2.24, 2.45) is 0 Å². The first-order valence-corrected chi connectivity index (χ1v) is 7.97. The van der Waals surface area contributed by atoms with Crippen molar-refractivity contribution in [1.82, 2.24) is 10.2 Å². The van der Waals surface area contributed by atoms with Crippen molar-refractivity contribution in [1.29, 1.82) is 0 Å². The molecule has 1 N–H and O–H groups in total. The summed E-state index contributed by atoms with van der Waals surface area (Å²) in [5, 5.41) is 3.49. The molecule has 1 aromatic rings. The topological polar surface area (TPSA) is 33.7 Å². The molecule has 0 amide bonds. The normalized spacial score (nSPS) is 19.9. The summed E-state index contributed by atoms with van der Waals surface area (Å²) >= 11 is 0. The van der Waals surface area contributed by atoms with Crippen LogP contribution in [0.2, 0.25) is 0 Å². The summed E-state index contributed by atoms with van der Waals surface area (Å²) in [6.07, 6.45) is 0.288. The monoisotopic (exact) mass is 292 g/mol. The molecule has 0 saturated carbocycles. The van der Waals surface area contributed by atoms with Gasteiger partial charge in [-0.25, -0.2) is 0 Å². The van der Waals surface area contributed by atoms with Crippen LogP contribution in [0.3, 0.4) is 0 Å². The maximum Gasteiger partial charge on any atom is 0.119 e. The molecule has 21 heavy (non-hydrogen) atoms. The molecule has 0 aliphatic carbocycles. The lowest BCUT2D eigenvalue weighted by molar-refractivity contribution is -0.0372. The molecule has 1 unspecified atom stereocenters. The third kappa shape index (κ3) is 5.30. The van der Waals surface area contributed by atoms with Crippen LogP contribution in [0.15, 0.2) is 24.3 Å². The van der Waals surface area contributed by atoms with Crippen LogP contribution in [0.25, 0.3) is 0 Å². The van der Waals surface area contributed by atoms with E-state index in [0.29, 0.717) is 12.6 Å². The van der Waals surface area contributed by atoms with Crippen molar-refractivity contribution in [2.75, 3.05) is 32.8 Å². The molecule has 0 radical (unpaired) electrons. The van der Waals surface area contributed by atoms with Gasteiger partial charge < -0.3 is 14.8 Å². The van der Waals surface area contributed by atoms with Crippen LogP contribution in [-0.2, 0) is 11.3 Å². The number of hydrogen-bond acceptors (Lipinski definition) is 4. The smallest absolute Gasteiger partial charge is 0.119 e. The quantitative estimate of drug-likeness (QED) is 0.836. The van der Waals surface area contributed by atoms with Crippen LogP contribution in [0.5, 0.6) is 5.75 Å². The van der Waals surface area contributed by atoms with Gasteiger partial charge in [0.25, 0.3) is 0 Å². The van der Waals surface area contributed by atoms with Gasteiger partial charge in [0.2, 0.25) is 0 Å². The van der Waals surface area contributed by atoms with Crippen molar-refractivity contribution in [3.63, 3.8) is 0 Å². The number of ether oxygens (including phenoxy) is 2. The zero-order chi connectivity index (χ0) is 15.1. The van der Waals surface area contributed by atoms with Gasteiger partial charge in [0.1, 0.15) is 5.75 Å². The molecular formula is C17H28N2O2. The molecule has 1 aromatic carbocycles. The largest absolute Gasteiger partial charge is 0.494 e. The Balaban J connectivity index is 1.75. The summed E-state index contributed by atoms with van der Waals surface area (Å²) < 4.78 is 11.4. The van der Waals surface area contributed by atoms with E-state index in [0.717, 1.165) is 38.5 Å². The molecule has 1 fully saturated rings. The van der Waals surface area contributed by atoms with E-state index in [1.54, 1.807) is 0 Å². The van der Waals surface area contributed by atoms with Crippen LogP contribution >= 0.6 is 0 Å². The molecule has 118 valence electrons.